The molecule has 5 nitrogen and oxygen atoms in total. The van der Waals surface area contributed by atoms with Gasteiger partial charge in [-0.3, -0.25) is 9.59 Å². The maximum absolute atomic E-state index is 13.2. The van der Waals surface area contributed by atoms with E-state index in [4.69, 9.17) is 27.9 Å². The van der Waals surface area contributed by atoms with Crippen LogP contribution in [0.3, 0.4) is 0 Å². The number of nitrogens with zero attached hydrogens (tertiary/aromatic N) is 1. The van der Waals surface area contributed by atoms with Gasteiger partial charge in [-0.1, -0.05) is 42.3 Å². The zero-order chi connectivity index (χ0) is 24.1. The quantitative estimate of drug-likeness (QED) is 0.442. The molecule has 0 saturated carbocycles. The summed E-state index contributed by atoms with van der Waals surface area (Å²) in [4.78, 5) is 27.5. The van der Waals surface area contributed by atoms with Crippen LogP contribution in [0.1, 0.15) is 45.7 Å². The molecule has 0 aliphatic heterocycles. The predicted molar refractivity (Wildman–Crippen MR) is 133 cm³/mol. The topological polar surface area (TPSA) is 58.6 Å². The Labute approximate surface area is 208 Å². The van der Waals surface area contributed by atoms with E-state index in [1.165, 1.54) is 4.90 Å². The fraction of sp³-hybridized carbons (Fsp3) is 0.417. The van der Waals surface area contributed by atoms with Crippen molar-refractivity contribution < 1.29 is 14.3 Å². The molecule has 0 saturated heterocycles. The molecular formula is C24H29BrCl2N2O3. The lowest BCUT2D eigenvalue weighted by Crippen LogP contribution is -2.53. The van der Waals surface area contributed by atoms with Gasteiger partial charge in [0.2, 0.25) is 5.91 Å². The van der Waals surface area contributed by atoms with E-state index in [0.717, 1.165) is 16.5 Å². The van der Waals surface area contributed by atoms with Gasteiger partial charge in [0.25, 0.3) is 5.91 Å². The number of halogens is 3. The van der Waals surface area contributed by atoms with Gasteiger partial charge in [0.05, 0.1) is 4.47 Å². The Kier molecular flexibility index (Phi) is 9.43. The summed E-state index contributed by atoms with van der Waals surface area (Å²) in [5, 5.41) is 3.85. The summed E-state index contributed by atoms with van der Waals surface area (Å²) in [6, 6.07) is 10.1. The number of aryl methyl sites for hydroxylation is 1. The van der Waals surface area contributed by atoms with Crippen molar-refractivity contribution >= 4 is 50.9 Å². The number of carbonyl (C=O) groups excluding carboxylic acids is 2. The van der Waals surface area contributed by atoms with Crippen molar-refractivity contribution in [3.05, 3.63) is 62.0 Å². The molecule has 0 radical (unpaired) electrons. The van der Waals surface area contributed by atoms with Crippen molar-refractivity contribution in [1.82, 2.24) is 10.2 Å². The van der Waals surface area contributed by atoms with E-state index in [1.807, 2.05) is 39.0 Å². The average molecular weight is 544 g/mol. The highest BCUT2D eigenvalue weighted by atomic mass is 79.9. The van der Waals surface area contributed by atoms with Crippen LogP contribution in [0.15, 0.2) is 40.9 Å². The van der Waals surface area contributed by atoms with E-state index < -0.39 is 11.6 Å². The zero-order valence-corrected chi connectivity index (χ0v) is 22.1. The number of amides is 2. The largest absolute Gasteiger partial charge is 0.483 e. The van der Waals surface area contributed by atoms with E-state index in [2.05, 4.69) is 28.2 Å². The van der Waals surface area contributed by atoms with Gasteiger partial charge in [0.15, 0.2) is 6.61 Å². The Bertz CT molecular complexity index is 976. The normalized spacial score (nSPS) is 12.2. The molecule has 174 valence electrons. The minimum absolute atomic E-state index is 0.146. The minimum atomic E-state index is -0.733. The lowest BCUT2D eigenvalue weighted by molar-refractivity contribution is -0.142. The summed E-state index contributed by atoms with van der Waals surface area (Å²) in [5.74, 6) is -0.0321. The third-order valence-electron chi connectivity index (χ3n) is 4.78. The molecule has 8 heteroatoms. The van der Waals surface area contributed by atoms with Crippen molar-refractivity contribution in [2.75, 3.05) is 6.61 Å². The molecule has 0 aromatic heterocycles. The van der Waals surface area contributed by atoms with Crippen LogP contribution in [0, 0.1) is 0 Å². The molecule has 0 bridgehead atoms. The maximum Gasteiger partial charge on any atom is 0.261 e. The van der Waals surface area contributed by atoms with Crippen LogP contribution in [0.5, 0.6) is 5.75 Å². The Hall–Kier alpha value is -1.76. The summed E-state index contributed by atoms with van der Waals surface area (Å²) in [6.45, 7) is 9.35. The smallest absolute Gasteiger partial charge is 0.261 e. The second-order valence-corrected chi connectivity index (χ2v) is 10.3. The molecule has 2 aromatic carbocycles. The van der Waals surface area contributed by atoms with Crippen molar-refractivity contribution in [3.8, 4) is 5.75 Å². The number of benzene rings is 2. The van der Waals surface area contributed by atoms with Crippen LogP contribution in [0.4, 0.5) is 0 Å². The number of rotatable bonds is 8. The average Bonchev–Trinajstić information content (AvgIpc) is 2.70. The first-order valence-electron chi connectivity index (χ1n) is 10.4. The lowest BCUT2D eigenvalue weighted by Gasteiger charge is -2.31. The van der Waals surface area contributed by atoms with Crippen LogP contribution < -0.4 is 10.1 Å². The van der Waals surface area contributed by atoms with Crippen LogP contribution >= 0.6 is 39.1 Å². The van der Waals surface area contributed by atoms with Gasteiger partial charge in [-0.15, -0.1) is 0 Å². The Morgan fingerprint density at radius 3 is 2.41 bits per heavy atom. The number of carbonyl (C=O) groups is 2. The molecule has 2 amide bonds. The highest BCUT2D eigenvalue weighted by Gasteiger charge is 2.29. The molecule has 0 fully saturated rings. The molecule has 0 aliphatic rings. The summed E-state index contributed by atoms with van der Waals surface area (Å²) in [7, 11) is 0. The summed E-state index contributed by atoms with van der Waals surface area (Å²) in [6.07, 6.45) is 0.897. The molecule has 1 atom stereocenters. The van der Waals surface area contributed by atoms with E-state index >= 15 is 0 Å². The van der Waals surface area contributed by atoms with Crippen LogP contribution in [0.25, 0.3) is 0 Å². The number of hydrogen-bond acceptors (Lipinski definition) is 3. The van der Waals surface area contributed by atoms with Crippen molar-refractivity contribution in [2.24, 2.45) is 0 Å². The monoisotopic (exact) mass is 542 g/mol. The highest BCUT2D eigenvalue weighted by Crippen LogP contribution is 2.27. The molecule has 1 N–H and O–H groups in total. The maximum atomic E-state index is 13.2. The van der Waals surface area contributed by atoms with Gasteiger partial charge in [-0.25, -0.2) is 0 Å². The lowest BCUT2D eigenvalue weighted by atomic mass is 10.1. The van der Waals surface area contributed by atoms with Gasteiger partial charge in [-0.05, 0) is 85.4 Å². The number of ether oxygens (including phenoxy) is 1. The van der Waals surface area contributed by atoms with Gasteiger partial charge in [0, 0.05) is 22.1 Å². The second-order valence-electron chi connectivity index (χ2n) is 8.58. The molecular weight excluding hydrogens is 515 g/mol. The third-order valence-corrected chi connectivity index (χ3v) is 5.98. The molecule has 2 aromatic rings. The van der Waals surface area contributed by atoms with E-state index in [0.29, 0.717) is 21.4 Å². The first-order chi connectivity index (χ1) is 14.9. The zero-order valence-electron chi connectivity index (χ0n) is 19.0. The molecule has 32 heavy (non-hydrogen) atoms. The summed E-state index contributed by atoms with van der Waals surface area (Å²) >= 11 is 15.8. The Balaban J connectivity index is 2.23. The second kappa shape index (κ2) is 11.4. The van der Waals surface area contributed by atoms with Gasteiger partial charge in [0.1, 0.15) is 11.8 Å². The van der Waals surface area contributed by atoms with Crippen LogP contribution in [-0.2, 0) is 22.6 Å². The minimum Gasteiger partial charge on any atom is -0.483 e. The Morgan fingerprint density at radius 2 is 1.84 bits per heavy atom. The molecule has 2 rings (SSSR count). The first-order valence-corrected chi connectivity index (χ1v) is 11.9. The standard InChI is InChI=1S/C24H29BrCl2N2O3/c1-6-16-7-10-21(19(25)11-16)32-14-22(30)29(15(2)23(31)28-24(3,4)5)13-17-8-9-18(26)12-20(17)27/h7-12,15H,6,13-14H2,1-5H3,(H,28,31). The molecule has 0 spiro atoms. The van der Waals surface area contributed by atoms with E-state index in [9.17, 15) is 9.59 Å². The van der Waals surface area contributed by atoms with Gasteiger partial charge >= 0.3 is 0 Å². The molecule has 0 heterocycles. The molecule has 0 aliphatic carbocycles. The van der Waals surface area contributed by atoms with Crippen molar-refractivity contribution in [1.29, 1.82) is 0 Å². The molecule has 1 unspecified atom stereocenters. The van der Waals surface area contributed by atoms with E-state index in [1.54, 1.807) is 25.1 Å². The SMILES string of the molecule is CCc1ccc(OCC(=O)N(Cc2ccc(Cl)cc2Cl)C(C)C(=O)NC(C)(C)C)c(Br)c1. The van der Waals surface area contributed by atoms with Gasteiger partial charge in [-0.2, -0.15) is 0 Å². The van der Waals surface area contributed by atoms with Crippen LogP contribution in [-0.4, -0.2) is 34.9 Å². The fourth-order valence-electron chi connectivity index (χ4n) is 2.99. The Morgan fingerprint density at radius 1 is 1.16 bits per heavy atom. The highest BCUT2D eigenvalue weighted by molar-refractivity contribution is 9.10. The van der Waals surface area contributed by atoms with E-state index in [-0.39, 0.29) is 25.0 Å². The van der Waals surface area contributed by atoms with Crippen LogP contribution in [0.2, 0.25) is 10.0 Å². The number of nitrogens with one attached hydrogen (secondary N) is 1. The van der Waals surface area contributed by atoms with Crippen molar-refractivity contribution in [3.63, 3.8) is 0 Å². The van der Waals surface area contributed by atoms with Gasteiger partial charge < -0.3 is 15.0 Å². The summed E-state index contributed by atoms with van der Waals surface area (Å²) < 4.78 is 6.55. The van der Waals surface area contributed by atoms with Crippen molar-refractivity contribution in [2.45, 2.75) is 59.2 Å². The fourth-order valence-corrected chi connectivity index (χ4v) is 4.00. The predicted octanol–water partition coefficient (Wildman–Crippen LogP) is 6.03. The summed E-state index contributed by atoms with van der Waals surface area (Å²) in [5.41, 5.74) is 1.41. The first kappa shape index (κ1) is 26.5. The third kappa shape index (κ3) is 7.68. The number of hydrogen-bond donors (Lipinski definition) is 1.